The van der Waals surface area contributed by atoms with Gasteiger partial charge in [-0.05, 0) is 54.1 Å². The maximum Gasteiger partial charge on any atom is 0.228 e. The van der Waals surface area contributed by atoms with Crippen molar-refractivity contribution in [1.29, 1.82) is 0 Å². The van der Waals surface area contributed by atoms with E-state index in [1.165, 1.54) is 19.2 Å². The zero-order valence-corrected chi connectivity index (χ0v) is 15.6. The van der Waals surface area contributed by atoms with E-state index in [1.54, 1.807) is 37.4 Å². The normalized spacial score (nSPS) is 10.2. The molecule has 0 fully saturated rings. The SMILES string of the molecule is COc1ccc(CC(=O)Nc2ccc(Oc3ccccc3OC)cc2)cc1F. The first kappa shape index (κ1) is 19.2. The molecule has 144 valence electrons. The maximum atomic E-state index is 13.7. The average Bonchev–Trinajstić information content (AvgIpc) is 2.70. The Labute approximate surface area is 162 Å². The first-order valence-corrected chi connectivity index (χ1v) is 8.62. The van der Waals surface area contributed by atoms with Crippen LogP contribution in [0.4, 0.5) is 10.1 Å². The van der Waals surface area contributed by atoms with Gasteiger partial charge < -0.3 is 19.5 Å². The van der Waals surface area contributed by atoms with Crippen LogP contribution >= 0.6 is 0 Å². The van der Waals surface area contributed by atoms with Crippen LogP contribution in [0.25, 0.3) is 0 Å². The minimum Gasteiger partial charge on any atom is -0.494 e. The van der Waals surface area contributed by atoms with E-state index in [9.17, 15) is 9.18 Å². The summed E-state index contributed by atoms with van der Waals surface area (Å²) in [6.45, 7) is 0. The highest BCUT2D eigenvalue weighted by Gasteiger charge is 2.09. The Morgan fingerprint density at radius 3 is 2.21 bits per heavy atom. The number of ether oxygens (including phenoxy) is 3. The molecular formula is C22H20FNO4. The molecule has 3 aromatic carbocycles. The van der Waals surface area contributed by atoms with Crippen LogP contribution in [0.1, 0.15) is 5.56 Å². The van der Waals surface area contributed by atoms with E-state index in [-0.39, 0.29) is 18.1 Å². The summed E-state index contributed by atoms with van der Waals surface area (Å²) >= 11 is 0. The van der Waals surface area contributed by atoms with Gasteiger partial charge in [-0.15, -0.1) is 0 Å². The number of carbonyl (C=O) groups is 1. The Bertz CT molecular complexity index is 957. The third kappa shape index (κ3) is 4.79. The molecule has 3 rings (SSSR count). The second-order valence-electron chi connectivity index (χ2n) is 5.97. The van der Waals surface area contributed by atoms with Crippen LogP contribution in [0.15, 0.2) is 66.7 Å². The zero-order valence-electron chi connectivity index (χ0n) is 15.6. The van der Waals surface area contributed by atoms with Crippen molar-refractivity contribution in [3.63, 3.8) is 0 Å². The molecule has 1 amide bonds. The standard InChI is InChI=1S/C22H20FNO4/c1-26-19-12-7-15(13-18(19)23)14-22(25)24-16-8-10-17(11-9-16)28-21-6-4-3-5-20(21)27-2/h3-13H,14H2,1-2H3,(H,24,25). The molecule has 0 atom stereocenters. The van der Waals surface area contributed by atoms with Crippen molar-refractivity contribution in [2.24, 2.45) is 0 Å². The molecule has 0 bridgehead atoms. The Hall–Kier alpha value is -3.54. The molecule has 1 N–H and O–H groups in total. The van der Waals surface area contributed by atoms with Crippen LogP contribution in [0, 0.1) is 5.82 Å². The van der Waals surface area contributed by atoms with Gasteiger partial charge in [0.2, 0.25) is 5.91 Å². The molecule has 0 aliphatic rings. The molecule has 0 spiro atoms. The number of hydrogen-bond donors (Lipinski definition) is 1. The first-order chi connectivity index (χ1) is 13.6. The summed E-state index contributed by atoms with van der Waals surface area (Å²) in [5.74, 6) is 1.25. The molecule has 0 saturated heterocycles. The molecule has 5 nitrogen and oxygen atoms in total. The van der Waals surface area contributed by atoms with E-state index in [4.69, 9.17) is 14.2 Å². The number of halogens is 1. The lowest BCUT2D eigenvalue weighted by atomic mass is 10.1. The predicted octanol–water partition coefficient (Wildman–Crippen LogP) is 4.82. The molecule has 0 aromatic heterocycles. The number of rotatable bonds is 7. The molecule has 0 heterocycles. The average molecular weight is 381 g/mol. The van der Waals surface area contributed by atoms with Crippen molar-refractivity contribution < 1.29 is 23.4 Å². The second-order valence-corrected chi connectivity index (χ2v) is 5.97. The Morgan fingerprint density at radius 1 is 0.893 bits per heavy atom. The molecular weight excluding hydrogens is 361 g/mol. The van der Waals surface area contributed by atoms with Crippen LogP contribution in [-0.2, 0) is 11.2 Å². The van der Waals surface area contributed by atoms with Gasteiger partial charge in [-0.3, -0.25) is 4.79 Å². The summed E-state index contributed by atoms with van der Waals surface area (Å²) in [6.07, 6.45) is 0.0559. The van der Waals surface area contributed by atoms with E-state index in [0.717, 1.165) is 0 Å². The monoisotopic (exact) mass is 381 g/mol. The van der Waals surface area contributed by atoms with E-state index in [1.807, 2.05) is 24.3 Å². The Balaban J connectivity index is 1.60. The van der Waals surface area contributed by atoms with Crippen LogP contribution in [0.5, 0.6) is 23.0 Å². The summed E-state index contributed by atoms with van der Waals surface area (Å²) in [7, 11) is 2.97. The fraction of sp³-hybridized carbons (Fsp3) is 0.136. The van der Waals surface area contributed by atoms with Crippen molar-refractivity contribution in [2.75, 3.05) is 19.5 Å². The van der Waals surface area contributed by atoms with Crippen LogP contribution < -0.4 is 19.5 Å². The predicted molar refractivity (Wildman–Crippen MR) is 105 cm³/mol. The largest absolute Gasteiger partial charge is 0.494 e. The van der Waals surface area contributed by atoms with Crippen LogP contribution in [0.2, 0.25) is 0 Å². The number of amides is 1. The van der Waals surface area contributed by atoms with Crippen molar-refractivity contribution >= 4 is 11.6 Å². The van der Waals surface area contributed by atoms with Crippen LogP contribution in [-0.4, -0.2) is 20.1 Å². The smallest absolute Gasteiger partial charge is 0.228 e. The number of benzene rings is 3. The second kappa shape index (κ2) is 8.90. The third-order valence-electron chi connectivity index (χ3n) is 4.02. The van der Waals surface area contributed by atoms with Gasteiger partial charge in [0, 0.05) is 5.69 Å². The van der Waals surface area contributed by atoms with E-state index < -0.39 is 5.82 Å². The van der Waals surface area contributed by atoms with Crippen molar-refractivity contribution in [1.82, 2.24) is 0 Å². The van der Waals surface area contributed by atoms with Gasteiger partial charge in [-0.1, -0.05) is 18.2 Å². The van der Waals surface area contributed by atoms with Gasteiger partial charge >= 0.3 is 0 Å². The molecule has 6 heteroatoms. The zero-order chi connectivity index (χ0) is 19.9. The highest BCUT2D eigenvalue weighted by molar-refractivity contribution is 5.92. The van der Waals surface area contributed by atoms with Gasteiger partial charge in [0.25, 0.3) is 0 Å². The summed E-state index contributed by atoms with van der Waals surface area (Å²) < 4.78 is 29.7. The van der Waals surface area contributed by atoms with E-state index >= 15 is 0 Å². The molecule has 3 aromatic rings. The molecule has 0 aliphatic heterocycles. The number of carbonyl (C=O) groups excluding carboxylic acids is 1. The van der Waals surface area contributed by atoms with Crippen molar-refractivity contribution in [2.45, 2.75) is 6.42 Å². The number of nitrogens with one attached hydrogen (secondary N) is 1. The molecule has 0 saturated carbocycles. The number of methoxy groups -OCH3 is 2. The highest BCUT2D eigenvalue weighted by atomic mass is 19.1. The highest BCUT2D eigenvalue weighted by Crippen LogP contribution is 2.31. The molecule has 0 unspecified atom stereocenters. The topological polar surface area (TPSA) is 56.8 Å². The fourth-order valence-electron chi connectivity index (χ4n) is 2.65. The van der Waals surface area contributed by atoms with Gasteiger partial charge in [0.15, 0.2) is 23.1 Å². The quantitative estimate of drug-likeness (QED) is 0.638. The van der Waals surface area contributed by atoms with Gasteiger partial charge in [-0.25, -0.2) is 4.39 Å². The number of para-hydroxylation sites is 2. The fourth-order valence-corrected chi connectivity index (χ4v) is 2.65. The summed E-state index contributed by atoms with van der Waals surface area (Å²) in [5, 5.41) is 2.78. The van der Waals surface area contributed by atoms with Gasteiger partial charge in [0.1, 0.15) is 5.75 Å². The lowest BCUT2D eigenvalue weighted by Gasteiger charge is -2.11. The van der Waals surface area contributed by atoms with Crippen molar-refractivity contribution in [3.8, 4) is 23.0 Å². The van der Waals surface area contributed by atoms with Crippen LogP contribution in [0.3, 0.4) is 0 Å². The van der Waals surface area contributed by atoms with E-state index in [0.29, 0.717) is 28.5 Å². The minimum absolute atomic E-state index is 0.0559. The first-order valence-electron chi connectivity index (χ1n) is 8.62. The van der Waals surface area contributed by atoms with Gasteiger partial charge in [0.05, 0.1) is 20.6 Å². The number of anilines is 1. The van der Waals surface area contributed by atoms with E-state index in [2.05, 4.69) is 5.32 Å². The molecule has 28 heavy (non-hydrogen) atoms. The molecule has 0 aliphatic carbocycles. The van der Waals surface area contributed by atoms with Gasteiger partial charge in [-0.2, -0.15) is 0 Å². The molecule has 0 radical (unpaired) electrons. The lowest BCUT2D eigenvalue weighted by Crippen LogP contribution is -2.14. The van der Waals surface area contributed by atoms with Crippen molar-refractivity contribution in [3.05, 3.63) is 78.1 Å². The number of hydrogen-bond acceptors (Lipinski definition) is 4. The lowest BCUT2D eigenvalue weighted by molar-refractivity contribution is -0.115. The summed E-state index contributed by atoms with van der Waals surface area (Å²) in [5.41, 5.74) is 1.18. The Kier molecular flexibility index (Phi) is 6.11. The minimum atomic E-state index is -0.495. The maximum absolute atomic E-state index is 13.7. The summed E-state index contributed by atoms with van der Waals surface area (Å²) in [6, 6.07) is 18.7. The third-order valence-corrected chi connectivity index (χ3v) is 4.02. The Morgan fingerprint density at radius 2 is 1.57 bits per heavy atom. The summed E-state index contributed by atoms with van der Waals surface area (Å²) in [4.78, 5) is 12.2.